The number of hydrogen-bond acceptors (Lipinski definition) is 4. The van der Waals surface area contributed by atoms with Crippen molar-refractivity contribution in [2.24, 2.45) is 10.9 Å². The number of amidine groups is 1. The molecule has 1 N–H and O–H groups in total. The minimum atomic E-state index is 0.449. The molecule has 0 amide bonds. The minimum Gasteiger partial charge on any atom is -0.381 e. The van der Waals surface area contributed by atoms with E-state index in [1.165, 1.54) is 12.8 Å². The first-order valence-electron chi connectivity index (χ1n) is 6.19. The van der Waals surface area contributed by atoms with E-state index in [4.69, 9.17) is 4.74 Å². The van der Waals surface area contributed by atoms with Crippen molar-refractivity contribution in [3.05, 3.63) is 0 Å². The Morgan fingerprint density at radius 3 is 2.81 bits per heavy atom. The Morgan fingerprint density at radius 1 is 1.44 bits per heavy atom. The van der Waals surface area contributed by atoms with Gasteiger partial charge in [0.2, 0.25) is 0 Å². The second-order valence-corrected chi connectivity index (χ2v) is 6.29. The molecule has 4 heteroatoms. The third kappa shape index (κ3) is 2.92. The zero-order valence-electron chi connectivity index (χ0n) is 10.4. The monoisotopic (exact) mass is 242 g/mol. The molecule has 0 aromatic carbocycles. The lowest BCUT2D eigenvalue weighted by atomic mass is 10.1. The van der Waals surface area contributed by atoms with Gasteiger partial charge in [-0.2, -0.15) is 0 Å². The minimum absolute atomic E-state index is 0.449. The fourth-order valence-electron chi connectivity index (χ4n) is 2.28. The molecule has 0 bridgehead atoms. The van der Waals surface area contributed by atoms with Gasteiger partial charge in [-0.25, -0.2) is 0 Å². The second kappa shape index (κ2) is 5.41. The lowest BCUT2D eigenvalue weighted by Crippen LogP contribution is -2.31. The molecule has 1 aliphatic carbocycles. The molecule has 1 aliphatic heterocycles. The van der Waals surface area contributed by atoms with Gasteiger partial charge in [0.1, 0.15) is 0 Å². The van der Waals surface area contributed by atoms with Crippen molar-refractivity contribution in [1.82, 2.24) is 5.32 Å². The van der Waals surface area contributed by atoms with E-state index in [0.717, 1.165) is 18.1 Å². The van der Waals surface area contributed by atoms with E-state index in [-0.39, 0.29) is 0 Å². The van der Waals surface area contributed by atoms with Crippen LogP contribution in [0.2, 0.25) is 0 Å². The average molecular weight is 242 g/mol. The second-order valence-electron chi connectivity index (χ2n) is 5.06. The number of hydrogen-bond donors (Lipinski definition) is 1. The largest absolute Gasteiger partial charge is 0.381 e. The molecule has 1 heterocycles. The number of nitrogens with one attached hydrogen (secondary N) is 1. The van der Waals surface area contributed by atoms with Crippen LogP contribution in [0.25, 0.3) is 0 Å². The van der Waals surface area contributed by atoms with Crippen molar-refractivity contribution in [3.63, 3.8) is 0 Å². The fraction of sp³-hybridized carbons (Fsp3) is 0.917. The fourth-order valence-corrected chi connectivity index (χ4v) is 3.37. The highest BCUT2D eigenvalue weighted by Gasteiger charge is 2.28. The molecule has 2 rings (SSSR count). The molecule has 0 saturated heterocycles. The van der Waals surface area contributed by atoms with Gasteiger partial charge in [0.05, 0.1) is 12.6 Å². The molecule has 3 atom stereocenters. The Balaban J connectivity index is 1.75. The van der Waals surface area contributed by atoms with Crippen molar-refractivity contribution < 1.29 is 4.74 Å². The SMILES string of the molecule is COC1CCC(NC2=NCC(C(C)C)S2)C1. The van der Waals surface area contributed by atoms with E-state index in [0.29, 0.717) is 23.3 Å². The van der Waals surface area contributed by atoms with Crippen LogP contribution in [0.15, 0.2) is 4.99 Å². The van der Waals surface area contributed by atoms with Gasteiger partial charge in [-0.05, 0) is 25.2 Å². The predicted octanol–water partition coefficient (Wildman–Crippen LogP) is 2.27. The van der Waals surface area contributed by atoms with Crippen LogP contribution in [0.1, 0.15) is 33.1 Å². The summed E-state index contributed by atoms with van der Waals surface area (Å²) in [6, 6.07) is 0.571. The first-order chi connectivity index (χ1) is 7.69. The summed E-state index contributed by atoms with van der Waals surface area (Å²) >= 11 is 1.91. The molecular formula is C12H22N2OS. The van der Waals surface area contributed by atoms with Gasteiger partial charge in [-0.3, -0.25) is 4.99 Å². The van der Waals surface area contributed by atoms with E-state index < -0.39 is 0 Å². The quantitative estimate of drug-likeness (QED) is 0.824. The number of ether oxygens (including phenoxy) is 1. The summed E-state index contributed by atoms with van der Waals surface area (Å²) in [6.07, 6.45) is 3.97. The smallest absolute Gasteiger partial charge is 0.157 e. The Hall–Kier alpha value is -0.220. The molecule has 0 aromatic rings. The van der Waals surface area contributed by atoms with Gasteiger partial charge >= 0.3 is 0 Å². The van der Waals surface area contributed by atoms with Crippen molar-refractivity contribution in [1.29, 1.82) is 0 Å². The summed E-state index contributed by atoms with van der Waals surface area (Å²) in [5.41, 5.74) is 0. The number of rotatable bonds is 3. The number of methoxy groups -OCH3 is 1. The molecule has 0 spiro atoms. The van der Waals surface area contributed by atoms with Crippen LogP contribution in [0.3, 0.4) is 0 Å². The van der Waals surface area contributed by atoms with E-state index in [2.05, 4.69) is 24.2 Å². The molecular weight excluding hydrogens is 220 g/mol. The summed E-state index contributed by atoms with van der Waals surface area (Å²) in [6.45, 7) is 5.52. The maximum Gasteiger partial charge on any atom is 0.157 e. The molecule has 1 fully saturated rings. The molecule has 3 nitrogen and oxygen atoms in total. The number of thioether (sulfide) groups is 1. The average Bonchev–Trinajstić information content (AvgIpc) is 2.87. The van der Waals surface area contributed by atoms with Crippen LogP contribution in [0.5, 0.6) is 0 Å². The highest BCUT2D eigenvalue weighted by molar-refractivity contribution is 8.14. The van der Waals surface area contributed by atoms with E-state index in [9.17, 15) is 0 Å². The highest BCUT2D eigenvalue weighted by Crippen LogP contribution is 2.28. The Morgan fingerprint density at radius 2 is 2.25 bits per heavy atom. The summed E-state index contributed by atoms with van der Waals surface area (Å²) in [5, 5.41) is 5.38. The van der Waals surface area contributed by atoms with E-state index >= 15 is 0 Å². The molecule has 0 radical (unpaired) electrons. The summed E-state index contributed by atoms with van der Waals surface area (Å²) in [7, 11) is 1.81. The molecule has 3 unspecified atom stereocenters. The van der Waals surface area contributed by atoms with Crippen molar-refractivity contribution in [2.45, 2.75) is 50.5 Å². The van der Waals surface area contributed by atoms with Crippen molar-refractivity contribution in [2.75, 3.05) is 13.7 Å². The van der Waals surface area contributed by atoms with Crippen LogP contribution in [-0.4, -0.2) is 36.2 Å². The summed E-state index contributed by atoms with van der Waals surface area (Å²) < 4.78 is 5.38. The normalized spacial score (nSPS) is 34.5. The van der Waals surface area contributed by atoms with Gasteiger partial charge in [0.15, 0.2) is 5.17 Å². The van der Waals surface area contributed by atoms with Gasteiger partial charge in [0.25, 0.3) is 0 Å². The Kier molecular flexibility index (Phi) is 4.14. The van der Waals surface area contributed by atoms with E-state index in [1.54, 1.807) is 0 Å². The lowest BCUT2D eigenvalue weighted by Gasteiger charge is -2.15. The van der Waals surface area contributed by atoms with E-state index in [1.807, 2.05) is 18.9 Å². The van der Waals surface area contributed by atoms with Gasteiger partial charge in [-0.1, -0.05) is 25.6 Å². The van der Waals surface area contributed by atoms with Crippen LogP contribution < -0.4 is 5.32 Å². The Bertz CT molecular complexity index is 268. The third-order valence-electron chi connectivity index (χ3n) is 3.47. The molecule has 92 valence electrons. The zero-order chi connectivity index (χ0) is 11.5. The van der Waals surface area contributed by atoms with Crippen LogP contribution in [0.4, 0.5) is 0 Å². The standard InChI is InChI=1S/C12H22N2OS/c1-8(2)11-7-13-12(16-11)14-9-4-5-10(6-9)15-3/h8-11H,4-7H2,1-3H3,(H,13,14). The zero-order valence-corrected chi connectivity index (χ0v) is 11.2. The summed E-state index contributed by atoms with van der Waals surface area (Å²) in [4.78, 5) is 4.58. The maximum absolute atomic E-state index is 5.38. The first-order valence-corrected chi connectivity index (χ1v) is 7.07. The van der Waals surface area contributed by atoms with Gasteiger partial charge in [-0.15, -0.1) is 0 Å². The maximum atomic E-state index is 5.38. The van der Waals surface area contributed by atoms with Crippen LogP contribution in [0, 0.1) is 5.92 Å². The Labute approximate surface area is 102 Å². The van der Waals surface area contributed by atoms with Crippen molar-refractivity contribution >= 4 is 16.9 Å². The number of aliphatic imine (C=N–C) groups is 1. The molecule has 0 aromatic heterocycles. The molecule has 1 saturated carbocycles. The highest BCUT2D eigenvalue weighted by atomic mass is 32.2. The first kappa shape index (κ1) is 12.2. The molecule has 2 aliphatic rings. The van der Waals surface area contributed by atoms with Gasteiger partial charge in [0, 0.05) is 18.4 Å². The van der Waals surface area contributed by atoms with Crippen molar-refractivity contribution in [3.8, 4) is 0 Å². The number of nitrogens with zero attached hydrogens (tertiary/aromatic N) is 1. The van der Waals surface area contributed by atoms with Gasteiger partial charge < -0.3 is 10.1 Å². The molecule has 16 heavy (non-hydrogen) atoms. The lowest BCUT2D eigenvalue weighted by molar-refractivity contribution is 0.107. The summed E-state index contributed by atoms with van der Waals surface area (Å²) in [5.74, 6) is 0.711. The topological polar surface area (TPSA) is 33.6 Å². The van der Waals surface area contributed by atoms with Crippen LogP contribution >= 0.6 is 11.8 Å². The third-order valence-corrected chi connectivity index (χ3v) is 4.93. The van der Waals surface area contributed by atoms with Crippen LogP contribution in [-0.2, 0) is 4.74 Å². The predicted molar refractivity (Wildman–Crippen MR) is 70.1 cm³/mol.